The molecule has 14 atom stereocenters. The lowest BCUT2D eigenvalue weighted by atomic mass is 9.41. The van der Waals surface area contributed by atoms with Crippen molar-refractivity contribution in [2.75, 3.05) is 52.5 Å². The molecule has 0 radical (unpaired) electrons. The van der Waals surface area contributed by atoms with Gasteiger partial charge < -0.3 is 34.3 Å². The van der Waals surface area contributed by atoms with Crippen molar-refractivity contribution in [3.05, 3.63) is 0 Å². The number of likely N-dealkylation sites (tertiary alicyclic amines) is 1. The monoisotopic (exact) mass is 745 g/mol. The van der Waals surface area contributed by atoms with Gasteiger partial charge in [0, 0.05) is 51.3 Å². The molecule has 9 nitrogen and oxygen atoms in total. The molecule has 5 aliphatic carbocycles. The van der Waals surface area contributed by atoms with E-state index in [1.165, 1.54) is 32.1 Å². The number of aliphatic hydroxyl groups excluding tert-OH is 1. The zero-order valence-corrected chi connectivity index (χ0v) is 35.0. The fourth-order valence-corrected chi connectivity index (χ4v) is 15.6. The summed E-state index contributed by atoms with van der Waals surface area (Å²) in [4.78, 5) is 4.92. The Labute approximate surface area is 321 Å². The Kier molecular flexibility index (Phi) is 9.74. The summed E-state index contributed by atoms with van der Waals surface area (Å²) < 4.78 is 26.5. The maximum absolute atomic E-state index is 12.7. The van der Waals surface area contributed by atoms with Crippen LogP contribution in [0.2, 0.25) is 0 Å². The van der Waals surface area contributed by atoms with Crippen LogP contribution in [0.3, 0.4) is 0 Å². The van der Waals surface area contributed by atoms with Gasteiger partial charge in [0.25, 0.3) is 0 Å². The van der Waals surface area contributed by atoms with Crippen LogP contribution in [0.25, 0.3) is 0 Å². The molecule has 0 bridgehead atoms. The predicted octanol–water partition coefficient (Wildman–Crippen LogP) is 5.72. The molecular formula is C44H76N2O7. The number of nitrogens with zero attached hydrogens (tertiary/aromatic N) is 2. The Morgan fingerprint density at radius 2 is 1.60 bits per heavy atom. The largest absolute Gasteiger partial charge is 0.390 e. The van der Waals surface area contributed by atoms with E-state index in [4.69, 9.17) is 18.9 Å². The molecule has 3 heterocycles. The van der Waals surface area contributed by atoms with Gasteiger partial charge in [-0.3, -0.25) is 9.80 Å². The maximum atomic E-state index is 12.7. The highest BCUT2D eigenvalue weighted by molar-refractivity contribution is 5.33. The molecule has 1 unspecified atom stereocenters. The van der Waals surface area contributed by atoms with Gasteiger partial charge >= 0.3 is 0 Å². The number of fused-ring (bicyclic) bond motifs is 4. The number of hydrogen-bond donors (Lipinski definition) is 3. The molecule has 0 aromatic heterocycles. The van der Waals surface area contributed by atoms with E-state index >= 15 is 0 Å². The minimum Gasteiger partial charge on any atom is -0.390 e. The molecule has 0 aromatic carbocycles. The summed E-state index contributed by atoms with van der Waals surface area (Å²) in [6.07, 6.45) is 7.92. The second kappa shape index (κ2) is 13.1. The fraction of sp³-hybridized carbons (Fsp3) is 1.00. The fourth-order valence-electron chi connectivity index (χ4n) is 15.6. The molecule has 3 N–H and O–H groups in total. The Balaban J connectivity index is 0.947. The lowest BCUT2D eigenvalue weighted by Gasteiger charge is -2.64. The molecule has 8 fully saturated rings. The SMILES string of the molecule is CCO[C@@H]([C@H]1C[C@@H](C)[C@H]2[C@H](O1)[C@H](O)[C@@]1(C)[C@@H]3CC[C@H]4C(C)(C)[C@@H](O[C@H]5CN(CC6CN(CC(C)(C)O)C6)CCO5)CCC45C[C@@]35CC[C@]21C)C(C)(C)O. The van der Waals surface area contributed by atoms with Crippen LogP contribution in [0.4, 0.5) is 0 Å². The summed E-state index contributed by atoms with van der Waals surface area (Å²) in [6.45, 7) is 28.8. The second-order valence-electron chi connectivity index (χ2n) is 22.1. The van der Waals surface area contributed by atoms with E-state index in [0.29, 0.717) is 47.0 Å². The van der Waals surface area contributed by atoms with Crippen molar-refractivity contribution in [2.24, 2.45) is 56.7 Å². The average molecular weight is 745 g/mol. The van der Waals surface area contributed by atoms with Crippen molar-refractivity contribution in [2.45, 2.75) is 169 Å². The van der Waals surface area contributed by atoms with Gasteiger partial charge in [0.1, 0.15) is 6.10 Å². The third-order valence-corrected chi connectivity index (χ3v) is 17.7. The van der Waals surface area contributed by atoms with Gasteiger partial charge in [-0.1, -0.05) is 34.6 Å². The topological polar surface area (TPSA) is 104 Å². The van der Waals surface area contributed by atoms with Gasteiger partial charge in [-0.05, 0) is 137 Å². The maximum Gasteiger partial charge on any atom is 0.170 e. The first-order valence-electron chi connectivity index (χ1n) is 21.8. The number of aliphatic hydroxyl groups is 3. The van der Waals surface area contributed by atoms with Gasteiger partial charge in [0.2, 0.25) is 0 Å². The Bertz CT molecular complexity index is 1360. The van der Waals surface area contributed by atoms with Gasteiger partial charge in [-0.15, -0.1) is 0 Å². The first-order chi connectivity index (χ1) is 24.7. The first-order valence-corrected chi connectivity index (χ1v) is 21.8. The lowest BCUT2D eigenvalue weighted by molar-refractivity contribution is -0.249. The van der Waals surface area contributed by atoms with Crippen LogP contribution in [-0.4, -0.2) is 126 Å². The zero-order valence-electron chi connectivity index (χ0n) is 35.0. The minimum atomic E-state index is -1.02. The summed E-state index contributed by atoms with van der Waals surface area (Å²) in [5.74, 6) is 2.45. The van der Waals surface area contributed by atoms with E-state index in [-0.39, 0.29) is 40.8 Å². The number of morpholine rings is 1. The second-order valence-corrected chi connectivity index (χ2v) is 22.1. The molecular weight excluding hydrogens is 668 g/mol. The van der Waals surface area contributed by atoms with E-state index in [9.17, 15) is 15.3 Å². The van der Waals surface area contributed by atoms with Crippen molar-refractivity contribution in [1.82, 2.24) is 9.80 Å². The highest BCUT2D eigenvalue weighted by atomic mass is 16.7. The van der Waals surface area contributed by atoms with Crippen molar-refractivity contribution in [1.29, 1.82) is 0 Å². The summed E-state index contributed by atoms with van der Waals surface area (Å²) in [7, 11) is 0. The smallest absolute Gasteiger partial charge is 0.170 e. The quantitative estimate of drug-likeness (QED) is 0.259. The number of hydrogen-bond acceptors (Lipinski definition) is 9. The van der Waals surface area contributed by atoms with Crippen LogP contribution in [0.5, 0.6) is 0 Å². The van der Waals surface area contributed by atoms with E-state index in [0.717, 1.165) is 65.1 Å². The van der Waals surface area contributed by atoms with Crippen LogP contribution in [0.1, 0.15) is 121 Å². The third kappa shape index (κ3) is 6.00. The molecule has 3 saturated heterocycles. The molecule has 0 aromatic rings. The standard InChI is InChI=1S/C44H76N2O7/c1-11-50-37(40(7,8)49)29-20-27(2)34-35(52-29)36(47)42(10)31-13-12-30-39(5,6)32(14-15-43(30)25-44(31,43)17-16-41(34,42)9)53-33-24-45(18-19-51-33)21-28-22-46(23-28)26-38(3,4)48/h27-37,47-49H,11-26H2,1-10H3/t27-,29-,30+,31+,32+,33+,34+,35+,36+,37+,41-,42-,43?,44+/m1/s1. The van der Waals surface area contributed by atoms with Gasteiger partial charge in [0.15, 0.2) is 6.29 Å². The van der Waals surface area contributed by atoms with Gasteiger partial charge in [-0.2, -0.15) is 0 Å². The van der Waals surface area contributed by atoms with Crippen LogP contribution in [0.15, 0.2) is 0 Å². The number of rotatable bonds is 10. The van der Waals surface area contributed by atoms with E-state index < -0.39 is 23.4 Å². The number of β-amino-alcohol motifs (C(OH)–C–C–N with tert-alkyl or cyclic N) is 1. The summed E-state index contributed by atoms with van der Waals surface area (Å²) >= 11 is 0. The molecule has 53 heavy (non-hydrogen) atoms. The van der Waals surface area contributed by atoms with Crippen molar-refractivity contribution < 1.29 is 34.3 Å². The molecule has 3 aliphatic heterocycles. The number of ether oxygens (including phenoxy) is 4. The average Bonchev–Trinajstić information content (AvgIpc) is 3.67. The molecule has 2 spiro atoms. The minimum absolute atomic E-state index is 0.0110. The van der Waals surface area contributed by atoms with Crippen LogP contribution in [0, 0.1) is 56.7 Å². The van der Waals surface area contributed by atoms with Crippen LogP contribution >= 0.6 is 0 Å². The van der Waals surface area contributed by atoms with Crippen LogP contribution in [-0.2, 0) is 18.9 Å². The van der Waals surface area contributed by atoms with E-state index in [2.05, 4.69) is 44.4 Å². The molecule has 9 heteroatoms. The van der Waals surface area contributed by atoms with Gasteiger partial charge in [0.05, 0.1) is 42.2 Å². The summed E-state index contributed by atoms with van der Waals surface area (Å²) in [5.41, 5.74) is -1.16. The van der Waals surface area contributed by atoms with Crippen molar-refractivity contribution in [3.8, 4) is 0 Å². The highest BCUT2D eigenvalue weighted by Crippen LogP contribution is 2.89. The Morgan fingerprint density at radius 1 is 0.906 bits per heavy atom. The zero-order chi connectivity index (χ0) is 38.1. The summed E-state index contributed by atoms with van der Waals surface area (Å²) in [6, 6.07) is 0. The molecule has 0 amide bonds. The van der Waals surface area contributed by atoms with Gasteiger partial charge in [-0.25, -0.2) is 0 Å². The molecule has 8 aliphatic rings. The third-order valence-electron chi connectivity index (χ3n) is 17.7. The van der Waals surface area contributed by atoms with Crippen molar-refractivity contribution in [3.63, 3.8) is 0 Å². The lowest BCUT2D eigenvalue weighted by Crippen LogP contribution is -2.60. The normalized spacial score (nSPS) is 49.2. The molecule has 304 valence electrons. The van der Waals surface area contributed by atoms with Crippen molar-refractivity contribution >= 4 is 0 Å². The first kappa shape index (κ1) is 39.5. The Hall–Kier alpha value is -0.360. The Morgan fingerprint density at radius 3 is 2.28 bits per heavy atom. The molecule has 5 saturated carbocycles. The highest BCUT2D eigenvalue weighted by Gasteiger charge is 2.84. The van der Waals surface area contributed by atoms with E-state index in [1.807, 2.05) is 34.6 Å². The predicted molar refractivity (Wildman–Crippen MR) is 205 cm³/mol. The summed E-state index contributed by atoms with van der Waals surface area (Å²) in [5, 5.41) is 34.0. The van der Waals surface area contributed by atoms with Crippen LogP contribution < -0.4 is 0 Å². The van der Waals surface area contributed by atoms with E-state index in [1.54, 1.807) is 0 Å². The molecule has 8 rings (SSSR count).